The number of non-ortho nitro benzene ring substituents is 1. The third-order valence-electron chi connectivity index (χ3n) is 16.4. The van der Waals surface area contributed by atoms with E-state index >= 15 is 0 Å². The van der Waals surface area contributed by atoms with E-state index in [9.17, 15) is 34.1 Å². The number of nitrogens with one attached hydrogen (secondary N) is 2. The summed E-state index contributed by atoms with van der Waals surface area (Å²) in [5, 5.41) is 16.4. The maximum absolute atomic E-state index is 13.7. The van der Waals surface area contributed by atoms with E-state index in [1.54, 1.807) is 29.8 Å². The van der Waals surface area contributed by atoms with E-state index in [0.717, 1.165) is 48.3 Å². The molecule has 15 heteroatoms. The molecule has 0 radical (unpaired) electrons. The molecule has 4 aliphatic rings. The van der Waals surface area contributed by atoms with Gasteiger partial charge in [0, 0.05) is 43.8 Å². The van der Waals surface area contributed by atoms with Gasteiger partial charge in [0.2, 0.25) is 23.6 Å². The Morgan fingerprint density at radius 1 is 0.870 bits per heavy atom. The minimum Gasteiger partial charge on any atom is -0.429 e. The molecule has 3 saturated carbocycles. The zero-order valence-electron chi connectivity index (χ0n) is 42.0. The maximum Gasteiger partial charge on any atom is 0.514 e. The van der Waals surface area contributed by atoms with E-state index in [1.165, 1.54) is 101 Å². The third-order valence-corrected chi connectivity index (χ3v) is 16.4. The van der Waals surface area contributed by atoms with Crippen LogP contribution in [0.5, 0.6) is 5.75 Å². The largest absolute Gasteiger partial charge is 0.514 e. The number of carbonyl (C=O) groups excluding carboxylic acids is 5. The first-order valence-corrected chi connectivity index (χ1v) is 25.5. The number of ether oxygens (including phenoxy) is 3. The quantitative estimate of drug-likeness (QED) is 0.0254. The fourth-order valence-corrected chi connectivity index (χ4v) is 12.6. The van der Waals surface area contributed by atoms with Crippen molar-refractivity contribution in [1.82, 2.24) is 10.6 Å². The summed E-state index contributed by atoms with van der Waals surface area (Å²) in [6, 6.07) is 9.03. The summed E-state index contributed by atoms with van der Waals surface area (Å²) < 4.78 is 16.6. The van der Waals surface area contributed by atoms with Crippen molar-refractivity contribution in [2.24, 2.45) is 52.1 Å². The van der Waals surface area contributed by atoms with Gasteiger partial charge in [0.25, 0.3) is 5.69 Å². The number of nitrogens with two attached hydrogens (primary N) is 1. The third kappa shape index (κ3) is 13.1. The minimum absolute atomic E-state index is 0.0601. The molecule has 0 heterocycles. The van der Waals surface area contributed by atoms with Crippen LogP contribution in [0.15, 0.2) is 60.2 Å². The van der Waals surface area contributed by atoms with Gasteiger partial charge < -0.3 is 30.6 Å². The average molecular weight is 956 g/mol. The van der Waals surface area contributed by atoms with Gasteiger partial charge in [-0.2, -0.15) is 0 Å². The predicted molar refractivity (Wildman–Crippen MR) is 264 cm³/mol. The van der Waals surface area contributed by atoms with E-state index in [4.69, 9.17) is 19.9 Å². The first-order chi connectivity index (χ1) is 32.8. The van der Waals surface area contributed by atoms with Crippen molar-refractivity contribution in [2.75, 3.05) is 18.1 Å². The van der Waals surface area contributed by atoms with Crippen LogP contribution in [-0.4, -0.2) is 66.0 Å². The first-order valence-electron chi connectivity index (χ1n) is 25.5. The highest BCUT2D eigenvalue weighted by molar-refractivity contribution is 6.04. The average Bonchev–Trinajstić information content (AvgIpc) is 3.67. The lowest BCUT2D eigenvalue weighted by atomic mass is 9.47. The summed E-state index contributed by atoms with van der Waals surface area (Å²) >= 11 is 0. The van der Waals surface area contributed by atoms with E-state index < -0.39 is 40.9 Å². The van der Waals surface area contributed by atoms with E-state index in [2.05, 4.69) is 51.3 Å². The topological polar surface area (TPSA) is 210 Å². The van der Waals surface area contributed by atoms with Crippen LogP contribution in [-0.2, 0) is 35.3 Å². The molecule has 15 nitrogen and oxygen atoms in total. The smallest absolute Gasteiger partial charge is 0.429 e. The molecular formula is C54H77N5O10. The Hall–Kier alpha value is -5.31. The summed E-state index contributed by atoms with van der Waals surface area (Å²) in [7, 11) is 0. The summed E-state index contributed by atoms with van der Waals surface area (Å²) in [5.74, 6) is 2.82. The summed E-state index contributed by atoms with van der Waals surface area (Å²) in [4.78, 5) is 75.2. The van der Waals surface area contributed by atoms with Crippen molar-refractivity contribution in [1.29, 1.82) is 0 Å². The van der Waals surface area contributed by atoms with Gasteiger partial charge in [-0.05, 0) is 148 Å². The predicted octanol–water partition coefficient (Wildman–Crippen LogP) is 9.73. The Labute approximate surface area is 408 Å². The number of rotatable bonds is 22. The second-order valence-corrected chi connectivity index (χ2v) is 21.4. The molecule has 4 N–H and O–H groups in total. The number of allylic oxidation sites excluding steroid dienone is 1. The minimum atomic E-state index is -1.08. The molecule has 0 aliphatic heterocycles. The molecule has 0 spiro atoms. The Kier molecular flexibility index (Phi) is 18.1. The summed E-state index contributed by atoms with van der Waals surface area (Å²) in [6.07, 6.45) is 16.3. The molecule has 378 valence electrons. The molecule has 3 unspecified atom stereocenters. The number of nitrogens with zero attached hydrogens (tertiary/aromatic N) is 2. The van der Waals surface area contributed by atoms with Crippen LogP contribution in [0.3, 0.4) is 0 Å². The van der Waals surface area contributed by atoms with E-state index in [1.807, 2.05) is 0 Å². The van der Waals surface area contributed by atoms with E-state index in [-0.39, 0.29) is 48.3 Å². The van der Waals surface area contributed by atoms with Gasteiger partial charge in [-0.25, -0.2) is 4.79 Å². The molecule has 2 aromatic rings. The van der Waals surface area contributed by atoms with Crippen LogP contribution in [0.1, 0.15) is 144 Å². The van der Waals surface area contributed by atoms with Gasteiger partial charge in [0.15, 0.2) is 0 Å². The zero-order valence-corrected chi connectivity index (χ0v) is 42.0. The molecule has 6 rings (SSSR count). The fraction of sp³-hybridized carbons (Fsp3) is 0.648. The highest BCUT2D eigenvalue weighted by Gasteiger charge is 2.59. The monoisotopic (exact) mass is 956 g/mol. The van der Waals surface area contributed by atoms with Crippen LogP contribution in [0.25, 0.3) is 0 Å². The molecule has 10 atom stereocenters. The van der Waals surface area contributed by atoms with Gasteiger partial charge in [0.05, 0.1) is 11.0 Å². The standard InChI is InChI=1S/C54H77N5O10/c1-34(2)10-8-11-35(3)45-22-23-46-44-21-14-39-32-43(26-28-53(39,6)47(44)27-29-54(45,46)7)67-31-9-30-56-48(60)24-25-49(61)57-36(4)51(63)58(37(5)50(55)62)40-15-12-38(13-16-40)33-68-52(64)69-42-19-17-41(18-20-42)59(65)66/h12-20,34-37,43-47H,8-11,21-33H2,1-7H3,(H2,55,62)(H,56,60)(H,57,61)/t35-,36+,37+,43+,44?,45-,46?,47?,53+,54-/m1/s1. The number of primary amides is 1. The number of amides is 4. The molecule has 0 bridgehead atoms. The highest BCUT2D eigenvalue weighted by Crippen LogP contribution is 2.67. The zero-order chi connectivity index (χ0) is 50.0. The first kappa shape index (κ1) is 53.0. The van der Waals surface area contributed by atoms with E-state index in [0.29, 0.717) is 36.2 Å². The Balaban J connectivity index is 0.883. The van der Waals surface area contributed by atoms with Crippen molar-refractivity contribution in [3.8, 4) is 5.75 Å². The number of fused-ring (bicyclic) bond motifs is 5. The molecule has 4 amide bonds. The van der Waals surface area contributed by atoms with Crippen molar-refractivity contribution < 1.29 is 43.1 Å². The molecule has 0 aromatic heterocycles. The normalized spacial score (nSPS) is 26.2. The van der Waals surface area contributed by atoms with Gasteiger partial charge in [-0.15, -0.1) is 0 Å². The number of nitro benzene ring substituents is 1. The van der Waals surface area contributed by atoms with Crippen molar-refractivity contribution in [2.45, 2.75) is 163 Å². The number of hydrogen-bond acceptors (Lipinski definition) is 10. The van der Waals surface area contributed by atoms with Gasteiger partial charge >= 0.3 is 6.16 Å². The summed E-state index contributed by atoms with van der Waals surface area (Å²) in [6.45, 7) is 16.2. The molecule has 4 aliphatic carbocycles. The molecule has 0 saturated heterocycles. The van der Waals surface area contributed by atoms with Gasteiger partial charge in [-0.1, -0.05) is 77.7 Å². The number of hydrogen-bond donors (Lipinski definition) is 3. The maximum atomic E-state index is 13.7. The number of anilines is 1. The van der Waals surface area contributed by atoms with Gasteiger partial charge in [0.1, 0.15) is 24.4 Å². The lowest BCUT2D eigenvalue weighted by Crippen LogP contribution is -2.53. The molecule has 3 fully saturated rings. The second-order valence-electron chi connectivity index (χ2n) is 21.4. The lowest BCUT2D eigenvalue weighted by Gasteiger charge is -2.58. The van der Waals surface area contributed by atoms with Crippen LogP contribution < -0.4 is 26.0 Å². The Morgan fingerprint density at radius 3 is 2.26 bits per heavy atom. The molecule has 69 heavy (non-hydrogen) atoms. The van der Waals surface area contributed by atoms with Crippen molar-refractivity contribution in [3.63, 3.8) is 0 Å². The SMILES string of the molecule is CC(C)CCC[C@@H](C)[C@H]1CCC2C3CC=C4C[C@@H](OCCCNC(=O)CCC(=O)N[C@@H](C)C(=O)N(c5ccc(COC(=O)Oc6ccc([N+](=O)[O-])cc6)cc5)[C@@H](C)C(N)=O)CC[C@]4(C)C3CC[C@@]21C. The number of benzene rings is 2. The van der Waals surface area contributed by atoms with Crippen LogP contribution in [0, 0.1) is 56.5 Å². The van der Waals surface area contributed by atoms with Crippen molar-refractivity contribution >= 4 is 41.2 Å². The lowest BCUT2D eigenvalue weighted by molar-refractivity contribution is -0.384. The second kappa shape index (κ2) is 23.5. The van der Waals surface area contributed by atoms with Crippen LogP contribution in [0.2, 0.25) is 0 Å². The Bertz CT molecular complexity index is 2160. The molecule has 2 aromatic carbocycles. The number of nitro groups is 1. The summed E-state index contributed by atoms with van der Waals surface area (Å²) in [5.41, 5.74) is 8.64. The number of carbonyl (C=O) groups is 5. The molecular weight excluding hydrogens is 879 g/mol. The van der Waals surface area contributed by atoms with Crippen LogP contribution in [0.4, 0.5) is 16.2 Å². The van der Waals surface area contributed by atoms with Crippen LogP contribution >= 0.6 is 0 Å². The van der Waals surface area contributed by atoms with Crippen molar-refractivity contribution in [3.05, 3.63) is 75.9 Å². The van der Waals surface area contributed by atoms with Gasteiger partial charge in [-0.3, -0.25) is 34.2 Å². The highest BCUT2D eigenvalue weighted by atomic mass is 16.7. The Morgan fingerprint density at radius 2 is 1.58 bits per heavy atom. The fourth-order valence-electron chi connectivity index (χ4n) is 12.6.